The molecule has 0 amide bonds. The summed E-state index contributed by atoms with van der Waals surface area (Å²) in [5.74, 6) is -0.253. The predicted octanol–water partition coefficient (Wildman–Crippen LogP) is 4.29. The fourth-order valence-corrected chi connectivity index (χ4v) is 2.32. The molecule has 1 unspecified atom stereocenters. The molecule has 0 saturated heterocycles. The van der Waals surface area contributed by atoms with Crippen LogP contribution in [0.3, 0.4) is 0 Å². The zero-order valence-corrected chi connectivity index (χ0v) is 11.8. The number of hydrogen-bond donors (Lipinski definition) is 1. The van der Waals surface area contributed by atoms with E-state index in [0.717, 1.165) is 15.6 Å². The van der Waals surface area contributed by atoms with Crippen LogP contribution >= 0.6 is 15.9 Å². The topological polar surface area (TPSA) is 20.2 Å². The van der Waals surface area contributed by atoms with Crippen molar-refractivity contribution in [3.63, 3.8) is 0 Å². The lowest BCUT2D eigenvalue weighted by Crippen LogP contribution is -2.03. The summed E-state index contributed by atoms with van der Waals surface area (Å²) in [6.45, 7) is 3.64. The Balaban J connectivity index is 2.44. The molecule has 1 atom stereocenters. The van der Waals surface area contributed by atoms with Crippen LogP contribution in [0.4, 0.5) is 4.39 Å². The van der Waals surface area contributed by atoms with Crippen molar-refractivity contribution in [1.82, 2.24) is 0 Å². The molecular weight excluding hydrogens is 295 g/mol. The van der Waals surface area contributed by atoms with Crippen LogP contribution in [0, 0.1) is 19.7 Å². The van der Waals surface area contributed by atoms with Crippen LogP contribution in [0.1, 0.15) is 28.4 Å². The number of benzene rings is 2. The normalized spacial score (nSPS) is 12.5. The molecule has 2 aromatic carbocycles. The first-order chi connectivity index (χ1) is 8.50. The van der Waals surface area contributed by atoms with Gasteiger partial charge < -0.3 is 5.11 Å². The molecule has 0 radical (unpaired) electrons. The molecule has 0 aliphatic heterocycles. The van der Waals surface area contributed by atoms with E-state index in [-0.39, 0.29) is 5.82 Å². The van der Waals surface area contributed by atoms with Crippen molar-refractivity contribution in [3.8, 4) is 0 Å². The molecule has 2 rings (SSSR count). The van der Waals surface area contributed by atoms with Crippen molar-refractivity contribution < 1.29 is 9.50 Å². The molecule has 0 aliphatic carbocycles. The largest absolute Gasteiger partial charge is 0.384 e. The van der Waals surface area contributed by atoms with Gasteiger partial charge in [0.1, 0.15) is 11.9 Å². The van der Waals surface area contributed by atoms with E-state index in [1.165, 1.54) is 6.07 Å². The average Bonchev–Trinajstić information content (AvgIpc) is 2.35. The van der Waals surface area contributed by atoms with Gasteiger partial charge in [0, 0.05) is 4.47 Å². The van der Waals surface area contributed by atoms with Crippen molar-refractivity contribution in [2.75, 3.05) is 0 Å². The van der Waals surface area contributed by atoms with Gasteiger partial charge in [0.25, 0.3) is 0 Å². The maximum Gasteiger partial charge on any atom is 0.126 e. The lowest BCUT2D eigenvalue weighted by Gasteiger charge is -2.15. The Labute approximate surface area is 114 Å². The van der Waals surface area contributed by atoms with E-state index in [1.807, 2.05) is 25.1 Å². The number of aliphatic hydroxyl groups excluding tert-OH is 1. The van der Waals surface area contributed by atoms with Crippen molar-refractivity contribution >= 4 is 15.9 Å². The summed E-state index contributed by atoms with van der Waals surface area (Å²) < 4.78 is 14.2. The minimum atomic E-state index is -0.734. The van der Waals surface area contributed by atoms with Crippen molar-refractivity contribution in [3.05, 3.63) is 68.9 Å². The van der Waals surface area contributed by atoms with Crippen LogP contribution in [-0.2, 0) is 0 Å². The molecule has 0 saturated carbocycles. The molecule has 1 N–H and O–H groups in total. The van der Waals surface area contributed by atoms with Crippen LogP contribution in [0.2, 0.25) is 0 Å². The summed E-state index contributed by atoms with van der Waals surface area (Å²) in [4.78, 5) is 0. The highest BCUT2D eigenvalue weighted by Gasteiger charge is 2.14. The SMILES string of the molecule is Cc1cc(C(O)c2cccc(Br)c2C)ccc1F. The Kier molecular flexibility index (Phi) is 3.83. The highest BCUT2D eigenvalue weighted by Crippen LogP contribution is 2.29. The molecule has 0 spiro atoms. The first kappa shape index (κ1) is 13.2. The first-order valence-corrected chi connectivity index (χ1v) is 6.49. The van der Waals surface area contributed by atoms with E-state index in [4.69, 9.17) is 0 Å². The van der Waals surface area contributed by atoms with Gasteiger partial charge >= 0.3 is 0 Å². The summed E-state index contributed by atoms with van der Waals surface area (Å²) in [5, 5.41) is 10.4. The standard InChI is InChI=1S/C15H14BrFO/c1-9-8-11(6-7-14(9)17)15(18)12-4-3-5-13(16)10(12)2/h3-8,15,18H,1-2H3. The van der Waals surface area contributed by atoms with Gasteiger partial charge in [-0.3, -0.25) is 0 Å². The minimum Gasteiger partial charge on any atom is -0.384 e. The molecule has 0 fully saturated rings. The summed E-state index contributed by atoms with van der Waals surface area (Å²) >= 11 is 3.44. The van der Waals surface area contributed by atoms with Gasteiger partial charge in [-0.1, -0.05) is 40.2 Å². The Morgan fingerprint density at radius 3 is 2.56 bits per heavy atom. The monoisotopic (exact) mass is 308 g/mol. The Morgan fingerprint density at radius 1 is 1.17 bits per heavy atom. The third-order valence-electron chi connectivity index (χ3n) is 3.10. The van der Waals surface area contributed by atoms with E-state index in [2.05, 4.69) is 15.9 Å². The molecule has 94 valence electrons. The fraction of sp³-hybridized carbons (Fsp3) is 0.200. The summed E-state index contributed by atoms with van der Waals surface area (Å²) in [6.07, 6.45) is -0.734. The maximum absolute atomic E-state index is 13.2. The third kappa shape index (κ3) is 2.47. The smallest absolute Gasteiger partial charge is 0.126 e. The van der Waals surface area contributed by atoms with E-state index in [0.29, 0.717) is 11.1 Å². The van der Waals surface area contributed by atoms with E-state index in [9.17, 15) is 9.50 Å². The van der Waals surface area contributed by atoms with Gasteiger partial charge in [-0.05, 0) is 48.2 Å². The zero-order chi connectivity index (χ0) is 13.3. The molecule has 1 nitrogen and oxygen atoms in total. The van der Waals surface area contributed by atoms with Crippen LogP contribution < -0.4 is 0 Å². The molecule has 0 bridgehead atoms. The highest BCUT2D eigenvalue weighted by molar-refractivity contribution is 9.10. The maximum atomic E-state index is 13.2. The van der Waals surface area contributed by atoms with Crippen LogP contribution in [0.25, 0.3) is 0 Å². The Morgan fingerprint density at radius 2 is 1.89 bits per heavy atom. The first-order valence-electron chi connectivity index (χ1n) is 5.70. The highest BCUT2D eigenvalue weighted by atomic mass is 79.9. The molecule has 0 heterocycles. The second kappa shape index (κ2) is 5.21. The lowest BCUT2D eigenvalue weighted by molar-refractivity contribution is 0.219. The summed E-state index contributed by atoms with van der Waals surface area (Å²) in [7, 11) is 0. The summed E-state index contributed by atoms with van der Waals surface area (Å²) in [5.41, 5.74) is 3.07. The van der Waals surface area contributed by atoms with Gasteiger partial charge in [0.15, 0.2) is 0 Å². The quantitative estimate of drug-likeness (QED) is 0.877. The van der Waals surface area contributed by atoms with Crippen molar-refractivity contribution in [2.24, 2.45) is 0 Å². The molecule has 18 heavy (non-hydrogen) atoms. The third-order valence-corrected chi connectivity index (χ3v) is 3.96. The number of hydrogen-bond acceptors (Lipinski definition) is 1. The number of aryl methyl sites for hydroxylation is 1. The Bertz CT molecular complexity index is 581. The second-order valence-electron chi connectivity index (χ2n) is 4.37. The number of halogens is 2. The minimum absolute atomic E-state index is 0.253. The zero-order valence-electron chi connectivity index (χ0n) is 10.2. The average molecular weight is 309 g/mol. The van der Waals surface area contributed by atoms with Crippen molar-refractivity contribution in [2.45, 2.75) is 20.0 Å². The Hall–Kier alpha value is -1.19. The number of rotatable bonds is 2. The lowest BCUT2D eigenvalue weighted by atomic mass is 9.96. The second-order valence-corrected chi connectivity index (χ2v) is 5.22. The van der Waals surface area contributed by atoms with E-state index >= 15 is 0 Å². The molecule has 3 heteroatoms. The van der Waals surface area contributed by atoms with Gasteiger partial charge in [0.2, 0.25) is 0 Å². The van der Waals surface area contributed by atoms with Crippen molar-refractivity contribution in [1.29, 1.82) is 0 Å². The molecular formula is C15H14BrFO. The van der Waals surface area contributed by atoms with Crippen LogP contribution in [-0.4, -0.2) is 5.11 Å². The summed E-state index contributed by atoms with van der Waals surface area (Å²) in [6, 6.07) is 10.4. The van der Waals surface area contributed by atoms with Crippen LogP contribution in [0.15, 0.2) is 40.9 Å². The molecule has 2 aromatic rings. The van der Waals surface area contributed by atoms with Gasteiger partial charge in [-0.2, -0.15) is 0 Å². The van der Waals surface area contributed by atoms with Gasteiger partial charge in [-0.25, -0.2) is 4.39 Å². The molecule has 0 aliphatic rings. The van der Waals surface area contributed by atoms with Gasteiger partial charge in [0.05, 0.1) is 0 Å². The fourth-order valence-electron chi connectivity index (χ4n) is 1.94. The van der Waals surface area contributed by atoms with Crippen LogP contribution in [0.5, 0.6) is 0 Å². The van der Waals surface area contributed by atoms with E-state index in [1.54, 1.807) is 19.1 Å². The predicted molar refractivity (Wildman–Crippen MR) is 74.1 cm³/mol. The number of aliphatic hydroxyl groups is 1. The van der Waals surface area contributed by atoms with E-state index < -0.39 is 6.10 Å². The molecule has 0 aromatic heterocycles. The van der Waals surface area contributed by atoms with Gasteiger partial charge in [-0.15, -0.1) is 0 Å².